The second kappa shape index (κ2) is 22.0. The Kier molecular flexibility index (Phi) is 15.6. The van der Waals surface area contributed by atoms with Crippen molar-refractivity contribution >= 4 is 34.5 Å². The third-order valence-corrected chi connectivity index (χ3v) is 11.5. The van der Waals surface area contributed by atoms with E-state index in [9.17, 15) is 29.4 Å². The van der Waals surface area contributed by atoms with Gasteiger partial charge in [0.2, 0.25) is 17.4 Å². The number of nitrogens with zero attached hydrogens (tertiary/aromatic N) is 1. The van der Waals surface area contributed by atoms with Gasteiger partial charge in [-0.2, -0.15) is 0 Å². The molecule has 332 valence electrons. The van der Waals surface area contributed by atoms with Gasteiger partial charge in [-0.15, -0.1) is 0 Å². The van der Waals surface area contributed by atoms with E-state index in [4.69, 9.17) is 4.74 Å². The van der Waals surface area contributed by atoms with Crippen molar-refractivity contribution in [2.24, 2.45) is 0 Å². The van der Waals surface area contributed by atoms with Gasteiger partial charge in [-0.3, -0.25) is 19.7 Å². The Bertz CT molecular complexity index is 2570. The van der Waals surface area contributed by atoms with Crippen LogP contribution >= 0.6 is 0 Å². The molecule has 3 amide bonds. The number of hydrogen-bond acceptors (Lipinski definition) is 9. The van der Waals surface area contributed by atoms with Gasteiger partial charge in [-0.25, -0.2) is 4.79 Å². The number of ether oxygens (including phenoxy) is 1. The monoisotopic (exact) mass is 864 g/mol. The Hall–Kier alpha value is -6.80. The Labute approximate surface area is 372 Å². The molecule has 0 radical (unpaired) electrons. The molecule has 64 heavy (non-hydrogen) atoms. The average Bonchev–Trinajstić information content (AvgIpc) is 3.30. The number of carbonyl (C=O) groups excluding carboxylic acids is 3. The fraction of sp³-hybridized carbons (Fsp3) is 0.294. The van der Waals surface area contributed by atoms with Gasteiger partial charge in [0, 0.05) is 68.7 Å². The fourth-order valence-corrected chi connectivity index (χ4v) is 8.04. The number of likely N-dealkylation sites (tertiary alicyclic amines) is 1. The van der Waals surface area contributed by atoms with Crippen molar-refractivity contribution in [2.45, 2.75) is 70.4 Å². The van der Waals surface area contributed by atoms with Crippen LogP contribution in [0, 0.1) is 0 Å². The molecule has 0 spiro atoms. The van der Waals surface area contributed by atoms with Gasteiger partial charge in [0.15, 0.2) is 0 Å². The van der Waals surface area contributed by atoms with Crippen LogP contribution in [-0.4, -0.2) is 76.3 Å². The zero-order chi connectivity index (χ0) is 44.8. The number of carbonyl (C=O) groups is 3. The van der Waals surface area contributed by atoms with Crippen molar-refractivity contribution in [1.82, 2.24) is 25.8 Å². The SMILES string of the molecule is C[C@@H](Cc1cccc(CC(=O)NCc2ccc(CNC(=O)CCN3CCC(OC(=O)Nc4ccccc4-c4ccccc4)CC3)cc2)c1)NC[C@@H](O)c1ccc(O)c2[nH]c(=O)ccc12. The summed E-state index contributed by atoms with van der Waals surface area (Å²) in [6, 6.07) is 39.4. The number of benzene rings is 5. The largest absolute Gasteiger partial charge is 0.506 e. The quantitative estimate of drug-likeness (QED) is 0.0492. The highest BCUT2D eigenvalue weighted by molar-refractivity contribution is 5.91. The summed E-state index contributed by atoms with van der Waals surface area (Å²) < 4.78 is 5.76. The molecular weight excluding hydrogens is 809 g/mol. The van der Waals surface area contributed by atoms with Crippen molar-refractivity contribution in [3.63, 3.8) is 0 Å². The van der Waals surface area contributed by atoms with Crippen LogP contribution in [-0.2, 0) is 40.3 Å². The van der Waals surface area contributed by atoms with Crippen LogP contribution in [0.3, 0.4) is 0 Å². The normalized spacial score (nSPS) is 14.1. The molecule has 1 fully saturated rings. The minimum atomic E-state index is -0.859. The third-order valence-electron chi connectivity index (χ3n) is 11.5. The van der Waals surface area contributed by atoms with E-state index in [-0.39, 0.29) is 48.2 Å². The van der Waals surface area contributed by atoms with E-state index in [2.05, 4.69) is 31.2 Å². The third kappa shape index (κ3) is 12.9. The Morgan fingerprint density at radius 3 is 2.22 bits per heavy atom. The molecule has 7 rings (SSSR count). The molecule has 2 atom stereocenters. The summed E-state index contributed by atoms with van der Waals surface area (Å²) in [6.45, 7) is 5.22. The molecule has 7 N–H and O–H groups in total. The standard InChI is InChI=1S/C51H56N6O7/c1-34(52-33-46(59)42-18-20-45(58)50-43(42)19-21-48(61)56-50)28-37-8-7-9-38(29-37)30-49(62)54-32-36-16-14-35(15-17-36)31-53-47(60)24-27-57-25-22-40(23-26-57)64-51(63)55-44-13-6-5-12-41(44)39-10-3-2-4-11-39/h2-21,29,34,40,46,52,58-59H,22-28,30-33H2,1H3,(H,53,60)(H,54,62)(H,55,63)(H,56,61)/t34-,46+/m0/s1. The number of aromatic nitrogens is 1. The van der Waals surface area contributed by atoms with Crippen LogP contribution in [0.4, 0.5) is 10.5 Å². The first kappa shape index (κ1) is 45.2. The number of nitrogens with one attached hydrogen (secondary N) is 5. The highest BCUT2D eigenvalue weighted by Gasteiger charge is 2.23. The van der Waals surface area contributed by atoms with E-state index in [0.29, 0.717) is 67.5 Å². The lowest BCUT2D eigenvalue weighted by Crippen LogP contribution is -2.40. The first-order chi connectivity index (χ1) is 31.1. The molecule has 0 unspecified atom stereocenters. The van der Waals surface area contributed by atoms with Crippen LogP contribution in [0.15, 0.2) is 132 Å². The number of aromatic hydroxyl groups is 1. The molecule has 1 aliphatic heterocycles. The lowest BCUT2D eigenvalue weighted by atomic mass is 10.0. The lowest BCUT2D eigenvalue weighted by molar-refractivity contribution is -0.122. The zero-order valence-corrected chi connectivity index (χ0v) is 36.0. The zero-order valence-electron chi connectivity index (χ0n) is 36.0. The summed E-state index contributed by atoms with van der Waals surface area (Å²) in [7, 11) is 0. The van der Waals surface area contributed by atoms with Crippen molar-refractivity contribution in [3.05, 3.63) is 166 Å². The lowest BCUT2D eigenvalue weighted by Gasteiger charge is -2.31. The number of rotatable bonds is 18. The summed E-state index contributed by atoms with van der Waals surface area (Å²) in [5.74, 6) is -0.170. The van der Waals surface area contributed by atoms with Gasteiger partial charge in [0.05, 0.1) is 23.7 Å². The van der Waals surface area contributed by atoms with Gasteiger partial charge in [-0.05, 0) is 77.8 Å². The average molecular weight is 865 g/mol. The maximum absolute atomic E-state index is 12.9. The molecule has 5 aromatic carbocycles. The number of hydrogen-bond donors (Lipinski definition) is 7. The van der Waals surface area contributed by atoms with E-state index in [1.54, 1.807) is 12.1 Å². The van der Waals surface area contributed by atoms with E-state index in [1.165, 1.54) is 12.1 Å². The molecule has 13 heteroatoms. The van der Waals surface area contributed by atoms with Gasteiger partial charge < -0.3 is 40.8 Å². The maximum Gasteiger partial charge on any atom is 0.411 e. The van der Waals surface area contributed by atoms with E-state index in [0.717, 1.165) is 46.5 Å². The highest BCUT2D eigenvalue weighted by Crippen LogP contribution is 2.30. The van der Waals surface area contributed by atoms with Crippen LogP contribution in [0.1, 0.15) is 60.1 Å². The molecule has 13 nitrogen and oxygen atoms in total. The highest BCUT2D eigenvalue weighted by atomic mass is 16.6. The van der Waals surface area contributed by atoms with Crippen molar-refractivity contribution in [1.29, 1.82) is 0 Å². The predicted molar refractivity (Wildman–Crippen MR) is 249 cm³/mol. The molecule has 0 aliphatic carbocycles. The number of anilines is 1. The minimum absolute atomic E-state index is 0.0204. The smallest absolute Gasteiger partial charge is 0.411 e. The second-order valence-corrected chi connectivity index (χ2v) is 16.4. The van der Waals surface area contributed by atoms with Crippen LogP contribution in [0.5, 0.6) is 5.75 Å². The Morgan fingerprint density at radius 2 is 1.47 bits per heavy atom. The Morgan fingerprint density at radius 1 is 0.781 bits per heavy atom. The molecular formula is C51H56N6O7. The van der Waals surface area contributed by atoms with E-state index in [1.807, 2.05) is 110 Å². The first-order valence-corrected chi connectivity index (χ1v) is 21.9. The number of para-hydroxylation sites is 1. The number of fused-ring (bicyclic) bond motifs is 1. The van der Waals surface area contributed by atoms with Gasteiger partial charge in [0.1, 0.15) is 11.9 Å². The van der Waals surface area contributed by atoms with Gasteiger partial charge in [-0.1, -0.05) is 103 Å². The van der Waals surface area contributed by atoms with Gasteiger partial charge in [0.25, 0.3) is 0 Å². The molecule has 1 aliphatic rings. The van der Waals surface area contributed by atoms with Gasteiger partial charge >= 0.3 is 6.09 Å². The number of phenols is 1. The number of aromatic amines is 1. The number of piperidine rings is 1. The summed E-state index contributed by atoms with van der Waals surface area (Å²) in [5, 5.41) is 34.0. The van der Waals surface area contributed by atoms with Crippen molar-refractivity contribution in [3.8, 4) is 16.9 Å². The molecule has 6 aromatic rings. The van der Waals surface area contributed by atoms with Crippen molar-refractivity contribution < 1.29 is 29.3 Å². The number of H-pyrrole nitrogens is 1. The van der Waals surface area contributed by atoms with Crippen LogP contribution in [0.25, 0.3) is 22.0 Å². The molecule has 1 aromatic heterocycles. The number of aliphatic hydroxyl groups excluding tert-OH is 1. The topological polar surface area (TPSA) is 185 Å². The fourth-order valence-electron chi connectivity index (χ4n) is 8.04. The summed E-state index contributed by atoms with van der Waals surface area (Å²) in [5.41, 5.74) is 7.10. The van der Waals surface area contributed by atoms with Crippen LogP contribution < -0.4 is 26.8 Å². The molecule has 2 heterocycles. The number of pyridine rings is 1. The van der Waals surface area contributed by atoms with E-state index < -0.39 is 12.2 Å². The van der Waals surface area contributed by atoms with E-state index >= 15 is 0 Å². The molecule has 1 saturated heterocycles. The van der Waals surface area contributed by atoms with Crippen molar-refractivity contribution in [2.75, 3.05) is 31.5 Å². The maximum atomic E-state index is 12.9. The summed E-state index contributed by atoms with van der Waals surface area (Å²) in [4.78, 5) is 55.0. The molecule has 0 bridgehead atoms. The minimum Gasteiger partial charge on any atom is -0.506 e. The first-order valence-electron chi connectivity index (χ1n) is 21.9. The number of aliphatic hydroxyl groups is 1. The summed E-state index contributed by atoms with van der Waals surface area (Å²) in [6.07, 6.45) is 1.20. The number of amides is 3. The second-order valence-electron chi connectivity index (χ2n) is 16.4. The number of phenolic OH excluding ortho intramolecular Hbond substituents is 1. The van der Waals surface area contributed by atoms with Crippen LogP contribution in [0.2, 0.25) is 0 Å². The summed E-state index contributed by atoms with van der Waals surface area (Å²) >= 11 is 0. The molecule has 0 saturated carbocycles. The Balaban J connectivity index is 0.760. The predicted octanol–water partition coefficient (Wildman–Crippen LogP) is 6.73.